The van der Waals surface area contributed by atoms with Gasteiger partial charge in [0, 0.05) is 19.5 Å². The summed E-state index contributed by atoms with van der Waals surface area (Å²) in [5.41, 5.74) is 0. The molecule has 3 rings (SSSR count). The fourth-order valence-electron chi connectivity index (χ4n) is 4.03. The van der Waals surface area contributed by atoms with Gasteiger partial charge in [-0.05, 0) is 51.2 Å². The fourth-order valence-corrected chi connectivity index (χ4v) is 4.03. The van der Waals surface area contributed by atoms with Crippen LogP contribution in [0.1, 0.15) is 44.9 Å². The number of carbonyl (C=O) groups is 1. The van der Waals surface area contributed by atoms with Crippen molar-refractivity contribution >= 4 is 5.97 Å². The number of piperidine rings is 1. The molecule has 0 aromatic rings. The van der Waals surface area contributed by atoms with E-state index < -0.39 is 0 Å². The van der Waals surface area contributed by atoms with E-state index in [2.05, 4.69) is 9.80 Å². The molecule has 0 unspecified atom stereocenters. The maximum atomic E-state index is 11.7. The van der Waals surface area contributed by atoms with E-state index in [4.69, 9.17) is 4.74 Å². The van der Waals surface area contributed by atoms with E-state index in [0.717, 1.165) is 25.4 Å². The van der Waals surface area contributed by atoms with Crippen LogP contribution in [0.25, 0.3) is 0 Å². The highest BCUT2D eigenvalue weighted by Gasteiger charge is 2.35. The lowest BCUT2D eigenvalue weighted by molar-refractivity contribution is -0.142. The molecular weight excluding hydrogens is 252 g/mol. The van der Waals surface area contributed by atoms with Crippen LogP contribution in [-0.2, 0) is 9.53 Å². The maximum Gasteiger partial charge on any atom is 0.323 e. The Morgan fingerprint density at radius 3 is 2.50 bits per heavy atom. The number of rotatable bonds is 3. The van der Waals surface area contributed by atoms with Gasteiger partial charge in [0.15, 0.2) is 0 Å². The van der Waals surface area contributed by atoms with E-state index in [1.807, 2.05) is 0 Å². The molecule has 0 aromatic carbocycles. The third kappa shape index (κ3) is 3.53. The number of cyclic esters (lactones) is 1. The Balaban J connectivity index is 1.51. The molecular formula is C16H28N2O2. The first-order valence-corrected chi connectivity index (χ1v) is 8.46. The van der Waals surface area contributed by atoms with Gasteiger partial charge >= 0.3 is 5.97 Å². The summed E-state index contributed by atoms with van der Waals surface area (Å²) in [6, 6.07) is 0.0573. The molecule has 3 fully saturated rings. The molecule has 0 aliphatic carbocycles. The zero-order valence-corrected chi connectivity index (χ0v) is 12.6. The summed E-state index contributed by atoms with van der Waals surface area (Å²) in [7, 11) is 0. The van der Waals surface area contributed by atoms with Crippen molar-refractivity contribution in [2.75, 3.05) is 39.3 Å². The molecule has 0 amide bonds. The molecule has 3 aliphatic heterocycles. The van der Waals surface area contributed by atoms with Crippen LogP contribution in [-0.4, -0.2) is 61.1 Å². The normalized spacial score (nSPS) is 33.9. The lowest BCUT2D eigenvalue weighted by atomic mass is 9.95. The Hall–Kier alpha value is -0.610. The third-order valence-electron chi connectivity index (χ3n) is 5.11. The van der Waals surface area contributed by atoms with Crippen LogP contribution in [0.5, 0.6) is 0 Å². The number of hydrogen-bond acceptors (Lipinski definition) is 4. The van der Waals surface area contributed by atoms with E-state index in [1.54, 1.807) is 0 Å². The molecule has 0 bridgehead atoms. The molecule has 0 saturated carbocycles. The summed E-state index contributed by atoms with van der Waals surface area (Å²) < 4.78 is 5.13. The van der Waals surface area contributed by atoms with Gasteiger partial charge in [-0.15, -0.1) is 0 Å². The van der Waals surface area contributed by atoms with Gasteiger partial charge in [0.25, 0.3) is 0 Å². The van der Waals surface area contributed by atoms with Crippen LogP contribution in [0, 0.1) is 5.92 Å². The Kier molecular flexibility index (Phi) is 4.94. The zero-order chi connectivity index (χ0) is 13.8. The van der Waals surface area contributed by atoms with Gasteiger partial charge in [-0.25, -0.2) is 0 Å². The number of ether oxygens (including phenoxy) is 1. The van der Waals surface area contributed by atoms with Crippen LogP contribution in [0.2, 0.25) is 0 Å². The summed E-state index contributed by atoms with van der Waals surface area (Å²) in [4.78, 5) is 16.8. The lowest BCUT2D eigenvalue weighted by Crippen LogP contribution is -2.47. The molecule has 4 nitrogen and oxygen atoms in total. The predicted octanol–water partition coefficient (Wildman–Crippen LogP) is 1.89. The van der Waals surface area contributed by atoms with Crippen molar-refractivity contribution in [2.24, 2.45) is 5.92 Å². The minimum Gasteiger partial charge on any atom is -0.464 e. The van der Waals surface area contributed by atoms with Gasteiger partial charge < -0.3 is 9.64 Å². The first kappa shape index (κ1) is 14.3. The lowest BCUT2D eigenvalue weighted by Gasteiger charge is -2.37. The minimum absolute atomic E-state index is 0.0143. The molecule has 0 aromatic heterocycles. The molecule has 3 heterocycles. The van der Waals surface area contributed by atoms with E-state index in [0.29, 0.717) is 6.61 Å². The summed E-state index contributed by atoms with van der Waals surface area (Å²) in [6.07, 6.45) is 9.01. The van der Waals surface area contributed by atoms with Crippen LogP contribution >= 0.6 is 0 Å². The molecule has 3 saturated heterocycles. The van der Waals surface area contributed by atoms with Crippen LogP contribution < -0.4 is 0 Å². The largest absolute Gasteiger partial charge is 0.464 e. The standard InChI is InChI=1S/C16H28N2O2/c19-16-15(7-11-20-16)18-10-5-6-14(13-18)12-17-8-3-1-2-4-9-17/h14-15H,1-13H2/t14-,15-/m1/s1. The Bertz CT molecular complexity index is 326. The van der Waals surface area contributed by atoms with Gasteiger partial charge in [0.2, 0.25) is 0 Å². The highest BCUT2D eigenvalue weighted by Crippen LogP contribution is 2.24. The summed E-state index contributed by atoms with van der Waals surface area (Å²) in [6.45, 7) is 6.59. The molecule has 4 heteroatoms. The molecule has 2 atom stereocenters. The van der Waals surface area contributed by atoms with Gasteiger partial charge in [0.05, 0.1) is 6.61 Å². The second kappa shape index (κ2) is 6.90. The monoisotopic (exact) mass is 280 g/mol. The van der Waals surface area contributed by atoms with E-state index in [-0.39, 0.29) is 12.0 Å². The highest BCUT2D eigenvalue weighted by molar-refractivity contribution is 5.77. The number of nitrogens with zero attached hydrogens (tertiary/aromatic N) is 2. The average Bonchev–Trinajstić information content (AvgIpc) is 2.72. The molecule has 3 aliphatic rings. The molecule has 0 N–H and O–H groups in total. The fraction of sp³-hybridized carbons (Fsp3) is 0.938. The summed E-state index contributed by atoms with van der Waals surface area (Å²) >= 11 is 0. The highest BCUT2D eigenvalue weighted by atomic mass is 16.5. The molecule has 0 spiro atoms. The SMILES string of the molecule is O=C1OCC[C@H]1N1CCC[C@H](CN2CCCCCC2)C1. The van der Waals surface area contributed by atoms with Crippen LogP contribution in [0.4, 0.5) is 0 Å². The number of likely N-dealkylation sites (tertiary alicyclic amines) is 2. The number of carbonyl (C=O) groups excluding carboxylic acids is 1. The molecule has 114 valence electrons. The van der Waals surface area contributed by atoms with Gasteiger partial charge in [0.1, 0.15) is 6.04 Å². The second-order valence-corrected chi connectivity index (χ2v) is 6.69. The van der Waals surface area contributed by atoms with Gasteiger partial charge in [-0.3, -0.25) is 9.69 Å². The topological polar surface area (TPSA) is 32.8 Å². The van der Waals surface area contributed by atoms with E-state index in [9.17, 15) is 4.79 Å². The van der Waals surface area contributed by atoms with Gasteiger partial charge in [-0.2, -0.15) is 0 Å². The summed E-state index contributed by atoms with van der Waals surface area (Å²) in [5, 5.41) is 0. The quantitative estimate of drug-likeness (QED) is 0.739. The minimum atomic E-state index is 0.0143. The Morgan fingerprint density at radius 1 is 1.00 bits per heavy atom. The first-order valence-electron chi connectivity index (χ1n) is 8.46. The Morgan fingerprint density at radius 2 is 1.80 bits per heavy atom. The van der Waals surface area contributed by atoms with Crippen LogP contribution in [0.15, 0.2) is 0 Å². The molecule has 20 heavy (non-hydrogen) atoms. The van der Waals surface area contributed by atoms with Crippen molar-refractivity contribution in [1.29, 1.82) is 0 Å². The van der Waals surface area contributed by atoms with Crippen molar-refractivity contribution in [3.63, 3.8) is 0 Å². The smallest absolute Gasteiger partial charge is 0.323 e. The van der Waals surface area contributed by atoms with Crippen molar-refractivity contribution < 1.29 is 9.53 Å². The van der Waals surface area contributed by atoms with Crippen molar-refractivity contribution in [1.82, 2.24) is 9.80 Å². The second-order valence-electron chi connectivity index (χ2n) is 6.69. The maximum absolute atomic E-state index is 11.7. The zero-order valence-electron chi connectivity index (χ0n) is 12.6. The van der Waals surface area contributed by atoms with Crippen LogP contribution in [0.3, 0.4) is 0 Å². The van der Waals surface area contributed by atoms with Gasteiger partial charge in [-0.1, -0.05) is 12.8 Å². The summed E-state index contributed by atoms with van der Waals surface area (Å²) in [5.74, 6) is 0.760. The average molecular weight is 280 g/mol. The predicted molar refractivity (Wildman–Crippen MR) is 78.6 cm³/mol. The first-order chi connectivity index (χ1) is 9.83. The Labute approximate surface area is 122 Å². The number of esters is 1. The molecule has 0 radical (unpaired) electrons. The van der Waals surface area contributed by atoms with Crippen molar-refractivity contribution in [3.05, 3.63) is 0 Å². The van der Waals surface area contributed by atoms with E-state index in [1.165, 1.54) is 58.2 Å². The number of hydrogen-bond donors (Lipinski definition) is 0. The van der Waals surface area contributed by atoms with Crippen molar-refractivity contribution in [3.8, 4) is 0 Å². The van der Waals surface area contributed by atoms with Crippen molar-refractivity contribution in [2.45, 2.75) is 51.0 Å². The van der Waals surface area contributed by atoms with E-state index >= 15 is 0 Å². The third-order valence-corrected chi connectivity index (χ3v) is 5.11.